The monoisotopic (exact) mass is 531 g/mol. The Bertz CT molecular complexity index is 704. The van der Waals surface area contributed by atoms with E-state index in [-0.39, 0.29) is 46.7 Å². The summed E-state index contributed by atoms with van der Waals surface area (Å²) in [6.07, 6.45) is 6.18. The van der Waals surface area contributed by atoms with Crippen molar-refractivity contribution in [2.75, 3.05) is 39.4 Å². The van der Waals surface area contributed by atoms with Crippen molar-refractivity contribution in [3.8, 4) is 0 Å². The molecule has 0 unspecified atom stereocenters. The SMILES string of the molecule is CCNC(=NCc1ccccc1[N+](=O)[O-])NCC1(N2CCOCC2)CCCCC1.I. The molecule has 8 nitrogen and oxygen atoms in total. The van der Waals surface area contributed by atoms with E-state index >= 15 is 0 Å². The third-order valence-electron chi connectivity index (χ3n) is 5.99. The quantitative estimate of drug-likeness (QED) is 0.185. The van der Waals surface area contributed by atoms with Gasteiger partial charge in [-0.15, -0.1) is 24.0 Å². The minimum absolute atomic E-state index is 0. The number of nitrogens with zero attached hydrogens (tertiary/aromatic N) is 3. The van der Waals surface area contributed by atoms with Crippen molar-refractivity contribution < 1.29 is 9.66 Å². The average molecular weight is 531 g/mol. The highest BCUT2D eigenvalue weighted by Crippen LogP contribution is 2.33. The predicted octanol–water partition coefficient (Wildman–Crippen LogP) is 3.30. The molecule has 30 heavy (non-hydrogen) atoms. The summed E-state index contributed by atoms with van der Waals surface area (Å²) >= 11 is 0. The molecule has 0 bridgehead atoms. The summed E-state index contributed by atoms with van der Waals surface area (Å²) in [5, 5.41) is 18.1. The maximum atomic E-state index is 11.3. The fourth-order valence-electron chi connectivity index (χ4n) is 4.43. The molecule has 0 atom stereocenters. The van der Waals surface area contributed by atoms with E-state index in [0.29, 0.717) is 11.5 Å². The Kier molecular flexibility index (Phi) is 10.3. The Morgan fingerprint density at radius 1 is 1.20 bits per heavy atom. The Labute approximate surface area is 196 Å². The molecule has 9 heteroatoms. The van der Waals surface area contributed by atoms with Gasteiger partial charge < -0.3 is 15.4 Å². The number of morpholine rings is 1. The van der Waals surface area contributed by atoms with Gasteiger partial charge in [-0.05, 0) is 19.8 Å². The Balaban J connectivity index is 0.00000320. The van der Waals surface area contributed by atoms with E-state index in [1.54, 1.807) is 12.1 Å². The Morgan fingerprint density at radius 2 is 1.90 bits per heavy atom. The number of nitro groups is 1. The number of nitro benzene ring substituents is 1. The summed E-state index contributed by atoms with van der Waals surface area (Å²) in [5.74, 6) is 0.712. The fourth-order valence-corrected chi connectivity index (χ4v) is 4.43. The van der Waals surface area contributed by atoms with Crippen molar-refractivity contribution in [3.63, 3.8) is 0 Å². The molecule has 1 aliphatic carbocycles. The first kappa shape index (κ1) is 24.8. The number of rotatable bonds is 7. The van der Waals surface area contributed by atoms with Crippen LogP contribution in [0, 0.1) is 10.1 Å². The summed E-state index contributed by atoms with van der Waals surface area (Å²) in [4.78, 5) is 18.1. The first-order valence-corrected chi connectivity index (χ1v) is 10.7. The van der Waals surface area contributed by atoms with Crippen LogP contribution in [0.5, 0.6) is 0 Å². The number of benzene rings is 1. The number of halogens is 1. The minimum Gasteiger partial charge on any atom is -0.379 e. The third-order valence-corrected chi connectivity index (χ3v) is 5.99. The zero-order valence-corrected chi connectivity index (χ0v) is 20.1. The van der Waals surface area contributed by atoms with E-state index < -0.39 is 0 Å². The van der Waals surface area contributed by atoms with Crippen LogP contribution in [0.25, 0.3) is 0 Å². The number of para-hydroxylation sites is 1. The van der Waals surface area contributed by atoms with E-state index in [0.717, 1.165) is 39.4 Å². The Morgan fingerprint density at radius 3 is 2.57 bits per heavy atom. The topological polar surface area (TPSA) is 92.0 Å². The molecule has 3 rings (SSSR count). The highest BCUT2D eigenvalue weighted by atomic mass is 127. The molecule has 1 saturated carbocycles. The highest BCUT2D eigenvalue weighted by molar-refractivity contribution is 14.0. The summed E-state index contributed by atoms with van der Waals surface area (Å²) in [5.41, 5.74) is 0.871. The maximum absolute atomic E-state index is 11.3. The second-order valence-corrected chi connectivity index (χ2v) is 7.82. The Hall–Kier alpha value is -1.46. The smallest absolute Gasteiger partial charge is 0.274 e. The molecule has 1 aliphatic heterocycles. The lowest BCUT2D eigenvalue weighted by molar-refractivity contribution is -0.385. The van der Waals surface area contributed by atoms with Gasteiger partial charge in [-0.2, -0.15) is 0 Å². The van der Waals surface area contributed by atoms with E-state index in [4.69, 9.17) is 4.74 Å². The zero-order valence-electron chi connectivity index (χ0n) is 17.8. The van der Waals surface area contributed by atoms with E-state index in [1.165, 1.54) is 38.2 Å². The fraction of sp³-hybridized carbons (Fsp3) is 0.667. The van der Waals surface area contributed by atoms with E-state index in [9.17, 15) is 10.1 Å². The number of hydrogen-bond acceptors (Lipinski definition) is 5. The zero-order chi connectivity index (χ0) is 20.5. The molecular formula is C21H34IN5O3. The molecule has 1 heterocycles. The molecule has 2 aliphatic rings. The molecule has 0 radical (unpaired) electrons. The van der Waals surface area contributed by atoms with E-state index in [1.807, 2.05) is 13.0 Å². The van der Waals surface area contributed by atoms with Crippen molar-refractivity contribution in [2.45, 2.75) is 51.1 Å². The standard InChI is InChI=1S/C21H33N5O3.HI/c1-2-22-20(23-16-18-8-4-5-9-19(18)26(27)28)24-17-21(10-6-3-7-11-21)25-12-14-29-15-13-25;/h4-5,8-9H,2-3,6-7,10-17H2,1H3,(H2,22,23,24);1H. The summed E-state index contributed by atoms with van der Waals surface area (Å²) in [7, 11) is 0. The van der Waals surface area contributed by atoms with Crippen molar-refractivity contribution >= 4 is 35.6 Å². The largest absolute Gasteiger partial charge is 0.379 e. The maximum Gasteiger partial charge on any atom is 0.274 e. The normalized spacial score (nSPS) is 19.6. The highest BCUT2D eigenvalue weighted by Gasteiger charge is 2.38. The number of nitrogens with one attached hydrogen (secondary N) is 2. The molecule has 1 saturated heterocycles. The van der Waals surface area contributed by atoms with Crippen molar-refractivity contribution in [2.24, 2.45) is 4.99 Å². The lowest BCUT2D eigenvalue weighted by Gasteiger charge is -2.48. The molecule has 0 amide bonds. The lowest BCUT2D eigenvalue weighted by Crippen LogP contribution is -2.60. The predicted molar refractivity (Wildman–Crippen MR) is 130 cm³/mol. The first-order chi connectivity index (χ1) is 14.1. The number of hydrogen-bond donors (Lipinski definition) is 2. The van der Waals surface area contributed by atoms with Crippen LogP contribution in [-0.4, -0.2) is 60.7 Å². The molecule has 168 valence electrons. The average Bonchev–Trinajstić information content (AvgIpc) is 2.77. The first-order valence-electron chi connectivity index (χ1n) is 10.7. The van der Waals surface area contributed by atoms with Crippen LogP contribution in [0.15, 0.2) is 29.3 Å². The van der Waals surface area contributed by atoms with Gasteiger partial charge in [0.05, 0.1) is 30.2 Å². The molecule has 2 fully saturated rings. The van der Waals surface area contributed by atoms with Gasteiger partial charge in [0.15, 0.2) is 5.96 Å². The molecule has 1 aromatic rings. The van der Waals surface area contributed by atoms with Gasteiger partial charge in [0.1, 0.15) is 0 Å². The number of aliphatic imine (C=N–C) groups is 1. The molecular weight excluding hydrogens is 497 g/mol. The summed E-state index contributed by atoms with van der Waals surface area (Å²) in [6.45, 7) is 7.43. The van der Waals surface area contributed by atoms with Crippen LogP contribution < -0.4 is 10.6 Å². The van der Waals surface area contributed by atoms with Crippen LogP contribution in [0.2, 0.25) is 0 Å². The second kappa shape index (κ2) is 12.4. The lowest BCUT2D eigenvalue weighted by atomic mass is 9.80. The van der Waals surface area contributed by atoms with Crippen LogP contribution in [0.1, 0.15) is 44.6 Å². The van der Waals surface area contributed by atoms with Gasteiger partial charge in [-0.25, -0.2) is 4.99 Å². The molecule has 0 aromatic heterocycles. The van der Waals surface area contributed by atoms with Crippen molar-refractivity contribution in [3.05, 3.63) is 39.9 Å². The number of ether oxygens (including phenoxy) is 1. The molecule has 0 spiro atoms. The number of guanidine groups is 1. The van der Waals surface area contributed by atoms with Gasteiger partial charge in [-0.3, -0.25) is 15.0 Å². The molecule has 2 N–H and O–H groups in total. The van der Waals surface area contributed by atoms with Gasteiger partial charge in [0, 0.05) is 37.8 Å². The van der Waals surface area contributed by atoms with Crippen molar-refractivity contribution in [1.82, 2.24) is 15.5 Å². The van der Waals surface area contributed by atoms with Gasteiger partial charge >= 0.3 is 0 Å². The van der Waals surface area contributed by atoms with Crippen LogP contribution >= 0.6 is 24.0 Å². The van der Waals surface area contributed by atoms with Gasteiger partial charge in [-0.1, -0.05) is 37.5 Å². The summed E-state index contributed by atoms with van der Waals surface area (Å²) < 4.78 is 5.56. The van der Waals surface area contributed by atoms with Crippen LogP contribution in [-0.2, 0) is 11.3 Å². The third kappa shape index (κ3) is 6.52. The van der Waals surface area contributed by atoms with Gasteiger partial charge in [0.2, 0.25) is 0 Å². The van der Waals surface area contributed by atoms with Gasteiger partial charge in [0.25, 0.3) is 5.69 Å². The van der Waals surface area contributed by atoms with Crippen LogP contribution in [0.3, 0.4) is 0 Å². The van der Waals surface area contributed by atoms with Crippen LogP contribution in [0.4, 0.5) is 5.69 Å². The van der Waals surface area contributed by atoms with E-state index in [2.05, 4.69) is 20.5 Å². The minimum atomic E-state index is -0.347. The molecule has 1 aromatic carbocycles. The summed E-state index contributed by atoms with van der Waals surface area (Å²) in [6, 6.07) is 6.79. The van der Waals surface area contributed by atoms with Crippen molar-refractivity contribution in [1.29, 1.82) is 0 Å². The second-order valence-electron chi connectivity index (χ2n) is 7.82.